The Balaban J connectivity index is 2.33. The van der Waals surface area contributed by atoms with Crippen LogP contribution in [0.3, 0.4) is 0 Å². The molecule has 2 rings (SSSR count). The first-order chi connectivity index (χ1) is 9.51. The van der Waals surface area contributed by atoms with E-state index in [1.165, 1.54) is 18.2 Å². The van der Waals surface area contributed by atoms with Crippen molar-refractivity contribution in [3.8, 4) is 11.5 Å². The van der Waals surface area contributed by atoms with E-state index in [4.69, 9.17) is 27.9 Å². The third kappa shape index (κ3) is 3.38. The number of rotatable bonds is 4. The summed E-state index contributed by atoms with van der Waals surface area (Å²) >= 11 is 11.8. The molecule has 0 N–H and O–H groups in total. The molecule has 0 fully saturated rings. The van der Waals surface area contributed by atoms with Gasteiger partial charge in [0.05, 0.1) is 17.1 Å². The van der Waals surface area contributed by atoms with Crippen molar-refractivity contribution in [3.63, 3.8) is 0 Å². The molecule has 3 nitrogen and oxygen atoms in total. The van der Waals surface area contributed by atoms with Crippen LogP contribution in [0.4, 0.5) is 4.39 Å². The molecule has 1 aromatic carbocycles. The molecule has 0 aliphatic carbocycles. The SMILES string of the molecule is CC(C)c1ncc(Oc2ccc(F)cc2Cl)c(CCl)n1. The minimum Gasteiger partial charge on any atom is -0.452 e. The Morgan fingerprint density at radius 3 is 2.65 bits per heavy atom. The van der Waals surface area contributed by atoms with E-state index in [1.54, 1.807) is 6.20 Å². The molecule has 0 radical (unpaired) electrons. The number of alkyl halides is 1. The number of halogens is 3. The Kier molecular flexibility index (Phi) is 4.78. The van der Waals surface area contributed by atoms with Gasteiger partial charge in [-0.05, 0) is 18.2 Å². The summed E-state index contributed by atoms with van der Waals surface area (Å²) in [5, 5.41) is 0.179. The average Bonchev–Trinajstić information content (AvgIpc) is 2.42. The number of benzene rings is 1. The Morgan fingerprint density at radius 1 is 1.30 bits per heavy atom. The van der Waals surface area contributed by atoms with E-state index in [0.717, 1.165) is 0 Å². The summed E-state index contributed by atoms with van der Waals surface area (Å²) in [6.07, 6.45) is 1.56. The van der Waals surface area contributed by atoms with Gasteiger partial charge in [-0.25, -0.2) is 14.4 Å². The molecule has 106 valence electrons. The van der Waals surface area contributed by atoms with Crippen molar-refractivity contribution in [2.45, 2.75) is 25.6 Å². The summed E-state index contributed by atoms with van der Waals surface area (Å²) in [5.74, 6) is 1.40. The van der Waals surface area contributed by atoms with Crippen LogP contribution in [0.1, 0.15) is 31.3 Å². The van der Waals surface area contributed by atoms with Crippen LogP contribution >= 0.6 is 23.2 Å². The lowest BCUT2D eigenvalue weighted by molar-refractivity contribution is 0.468. The number of hydrogen-bond donors (Lipinski definition) is 0. The zero-order valence-electron chi connectivity index (χ0n) is 11.0. The standard InChI is InChI=1S/C14H13Cl2FN2O/c1-8(2)14-18-7-13(11(6-15)19-14)20-12-4-3-9(17)5-10(12)16/h3-5,7-8H,6H2,1-2H3. The van der Waals surface area contributed by atoms with Crippen LogP contribution < -0.4 is 4.74 Å². The van der Waals surface area contributed by atoms with Crippen molar-refractivity contribution in [3.05, 3.63) is 46.8 Å². The topological polar surface area (TPSA) is 35.0 Å². The van der Waals surface area contributed by atoms with Crippen molar-refractivity contribution < 1.29 is 9.13 Å². The van der Waals surface area contributed by atoms with E-state index in [1.807, 2.05) is 13.8 Å². The monoisotopic (exact) mass is 314 g/mol. The number of hydrogen-bond acceptors (Lipinski definition) is 3. The van der Waals surface area contributed by atoms with Gasteiger partial charge in [-0.2, -0.15) is 0 Å². The fourth-order valence-electron chi connectivity index (χ4n) is 1.56. The molecule has 0 saturated heterocycles. The quantitative estimate of drug-likeness (QED) is 0.751. The van der Waals surface area contributed by atoms with Gasteiger partial charge >= 0.3 is 0 Å². The summed E-state index contributed by atoms with van der Waals surface area (Å²) < 4.78 is 18.6. The lowest BCUT2D eigenvalue weighted by Crippen LogP contribution is -2.02. The summed E-state index contributed by atoms with van der Waals surface area (Å²) in [7, 11) is 0. The molecule has 0 aliphatic rings. The van der Waals surface area contributed by atoms with Gasteiger partial charge in [0.25, 0.3) is 0 Å². The van der Waals surface area contributed by atoms with E-state index in [0.29, 0.717) is 23.0 Å². The van der Waals surface area contributed by atoms with Crippen LogP contribution in [-0.2, 0) is 5.88 Å². The van der Waals surface area contributed by atoms with E-state index < -0.39 is 5.82 Å². The molecule has 0 atom stereocenters. The van der Waals surface area contributed by atoms with Crippen molar-refractivity contribution in [2.24, 2.45) is 0 Å². The number of aromatic nitrogens is 2. The minimum absolute atomic E-state index is 0.179. The zero-order chi connectivity index (χ0) is 14.7. The fraction of sp³-hybridized carbons (Fsp3) is 0.286. The third-order valence-corrected chi connectivity index (χ3v) is 3.15. The smallest absolute Gasteiger partial charge is 0.168 e. The third-order valence-electron chi connectivity index (χ3n) is 2.60. The normalized spacial score (nSPS) is 10.9. The Hall–Kier alpha value is -1.39. The maximum absolute atomic E-state index is 13.0. The Morgan fingerprint density at radius 2 is 2.05 bits per heavy atom. The fourth-order valence-corrected chi connectivity index (χ4v) is 1.95. The van der Waals surface area contributed by atoms with Crippen LogP contribution in [-0.4, -0.2) is 9.97 Å². The lowest BCUT2D eigenvalue weighted by atomic mass is 10.2. The first kappa shape index (κ1) is 15.0. The van der Waals surface area contributed by atoms with E-state index in [9.17, 15) is 4.39 Å². The first-order valence-corrected chi connectivity index (χ1v) is 6.97. The van der Waals surface area contributed by atoms with Gasteiger partial charge in [0.2, 0.25) is 0 Å². The van der Waals surface area contributed by atoms with Crippen molar-refractivity contribution in [1.82, 2.24) is 9.97 Å². The molecule has 0 amide bonds. The zero-order valence-corrected chi connectivity index (χ0v) is 12.5. The molecule has 0 saturated carbocycles. The molecule has 1 aromatic heterocycles. The predicted molar refractivity (Wildman–Crippen MR) is 77.2 cm³/mol. The predicted octanol–water partition coefficient (Wildman–Crippen LogP) is 4.92. The second kappa shape index (κ2) is 6.37. The highest BCUT2D eigenvalue weighted by Gasteiger charge is 2.12. The molecular formula is C14H13Cl2FN2O. The lowest BCUT2D eigenvalue weighted by Gasteiger charge is -2.12. The summed E-state index contributed by atoms with van der Waals surface area (Å²) in [4.78, 5) is 8.57. The molecule has 0 bridgehead atoms. The molecule has 20 heavy (non-hydrogen) atoms. The van der Waals surface area contributed by atoms with Gasteiger partial charge in [-0.1, -0.05) is 25.4 Å². The van der Waals surface area contributed by atoms with Gasteiger partial charge in [0, 0.05) is 5.92 Å². The maximum atomic E-state index is 13.0. The largest absolute Gasteiger partial charge is 0.452 e. The molecule has 2 aromatic rings. The van der Waals surface area contributed by atoms with E-state index >= 15 is 0 Å². The molecule has 0 unspecified atom stereocenters. The van der Waals surface area contributed by atoms with Crippen LogP contribution in [0.15, 0.2) is 24.4 Å². The first-order valence-electron chi connectivity index (χ1n) is 6.06. The molecular weight excluding hydrogens is 302 g/mol. The summed E-state index contributed by atoms with van der Waals surface area (Å²) in [5.41, 5.74) is 0.575. The summed E-state index contributed by atoms with van der Waals surface area (Å²) in [6, 6.07) is 3.90. The average molecular weight is 315 g/mol. The van der Waals surface area contributed by atoms with Crippen molar-refractivity contribution in [1.29, 1.82) is 0 Å². The van der Waals surface area contributed by atoms with Crippen LogP contribution in [0.25, 0.3) is 0 Å². The van der Waals surface area contributed by atoms with E-state index in [2.05, 4.69) is 9.97 Å². The Bertz CT molecular complexity index is 620. The number of ether oxygens (including phenoxy) is 1. The molecule has 6 heteroatoms. The van der Waals surface area contributed by atoms with Crippen LogP contribution in [0.2, 0.25) is 5.02 Å². The van der Waals surface area contributed by atoms with Crippen molar-refractivity contribution >= 4 is 23.2 Å². The van der Waals surface area contributed by atoms with E-state index in [-0.39, 0.29) is 16.8 Å². The van der Waals surface area contributed by atoms with Gasteiger partial charge in [-0.15, -0.1) is 11.6 Å². The molecule has 0 spiro atoms. The van der Waals surface area contributed by atoms with Gasteiger partial charge in [0.1, 0.15) is 23.1 Å². The van der Waals surface area contributed by atoms with Gasteiger partial charge < -0.3 is 4.74 Å². The van der Waals surface area contributed by atoms with Crippen LogP contribution in [0, 0.1) is 5.82 Å². The molecule has 0 aliphatic heterocycles. The van der Waals surface area contributed by atoms with Gasteiger partial charge in [-0.3, -0.25) is 0 Å². The molecule has 1 heterocycles. The maximum Gasteiger partial charge on any atom is 0.168 e. The minimum atomic E-state index is -0.425. The number of nitrogens with zero attached hydrogens (tertiary/aromatic N) is 2. The highest BCUT2D eigenvalue weighted by atomic mass is 35.5. The second-order valence-corrected chi connectivity index (χ2v) is 5.18. The highest BCUT2D eigenvalue weighted by molar-refractivity contribution is 6.32. The second-order valence-electron chi connectivity index (χ2n) is 4.50. The van der Waals surface area contributed by atoms with Crippen LogP contribution in [0.5, 0.6) is 11.5 Å². The van der Waals surface area contributed by atoms with Gasteiger partial charge in [0.15, 0.2) is 5.75 Å². The van der Waals surface area contributed by atoms with Crippen molar-refractivity contribution in [2.75, 3.05) is 0 Å². The Labute approximate surface area is 126 Å². The summed E-state index contributed by atoms with van der Waals surface area (Å²) in [6.45, 7) is 3.98. The highest BCUT2D eigenvalue weighted by Crippen LogP contribution is 2.31.